The summed E-state index contributed by atoms with van der Waals surface area (Å²) in [5.74, 6) is -0.501. The zero-order chi connectivity index (χ0) is 10.0. The van der Waals surface area contributed by atoms with Crippen LogP contribution >= 0.6 is 12.2 Å². The molecule has 6 heteroatoms. The average molecular weight is 199 g/mol. The Bertz CT molecular complexity index is 446. The summed E-state index contributed by atoms with van der Waals surface area (Å²) in [5, 5.41) is 0. The molecule has 0 aliphatic rings. The van der Waals surface area contributed by atoms with Crippen molar-refractivity contribution in [3.05, 3.63) is 26.4 Å². The Balaban J connectivity index is 3.28. The van der Waals surface area contributed by atoms with Gasteiger partial charge in [-0.05, 0) is 6.92 Å². The van der Waals surface area contributed by atoms with Gasteiger partial charge >= 0.3 is 5.69 Å². The Morgan fingerprint density at radius 2 is 2.15 bits per heavy atom. The van der Waals surface area contributed by atoms with Crippen LogP contribution < -0.4 is 11.4 Å². The van der Waals surface area contributed by atoms with Crippen LogP contribution in [0.4, 0.5) is 0 Å². The molecule has 13 heavy (non-hydrogen) atoms. The quantitative estimate of drug-likeness (QED) is 0.574. The van der Waals surface area contributed by atoms with Gasteiger partial charge in [-0.1, -0.05) is 12.2 Å². The highest BCUT2D eigenvalue weighted by molar-refractivity contribution is 7.71. The first-order valence-electron chi connectivity index (χ1n) is 3.61. The predicted molar refractivity (Wildman–Crippen MR) is 49.9 cm³/mol. The van der Waals surface area contributed by atoms with Crippen LogP contribution in [0, 0.1) is 11.6 Å². The third-order valence-corrected chi connectivity index (χ3v) is 2.04. The third kappa shape index (κ3) is 2.25. The van der Waals surface area contributed by atoms with Gasteiger partial charge in [0.05, 0.1) is 6.42 Å². The number of nitrogens with two attached hydrogens (primary N) is 1. The van der Waals surface area contributed by atoms with Gasteiger partial charge in [-0.15, -0.1) is 0 Å². The fourth-order valence-corrected chi connectivity index (χ4v) is 1.16. The minimum Gasteiger partial charge on any atom is -0.369 e. The number of primary amides is 1. The lowest BCUT2D eigenvalue weighted by atomic mass is 10.2. The molecule has 0 atom stereocenters. The van der Waals surface area contributed by atoms with Crippen LogP contribution in [0.5, 0.6) is 0 Å². The Labute approximate surface area is 79.0 Å². The molecule has 0 saturated heterocycles. The molecule has 0 aliphatic heterocycles. The van der Waals surface area contributed by atoms with Crippen molar-refractivity contribution in [3.8, 4) is 0 Å². The smallest absolute Gasteiger partial charge is 0.324 e. The van der Waals surface area contributed by atoms with E-state index in [1.54, 1.807) is 6.92 Å². The molecule has 0 aliphatic carbocycles. The molecule has 0 unspecified atom stereocenters. The largest absolute Gasteiger partial charge is 0.369 e. The molecule has 0 saturated carbocycles. The highest BCUT2D eigenvalue weighted by Crippen LogP contribution is 2.02. The summed E-state index contributed by atoms with van der Waals surface area (Å²) in [6.45, 7) is 1.72. The van der Waals surface area contributed by atoms with E-state index in [4.69, 9.17) is 18.0 Å². The van der Waals surface area contributed by atoms with Gasteiger partial charge < -0.3 is 10.7 Å². The van der Waals surface area contributed by atoms with E-state index in [0.717, 1.165) is 0 Å². The number of aromatic amines is 2. The first kappa shape index (κ1) is 9.66. The highest BCUT2D eigenvalue weighted by Gasteiger charge is 2.04. The molecule has 1 heterocycles. The standard InChI is InChI=1S/C7H9N3O2S/c1-3-4(2-5(8)11)9-7(12)10-6(3)13/h2H2,1H3,(H2,8,11)(H2,9,10,12,13). The first-order valence-corrected chi connectivity index (χ1v) is 4.02. The van der Waals surface area contributed by atoms with Crippen molar-refractivity contribution >= 4 is 18.1 Å². The molecule has 5 nitrogen and oxygen atoms in total. The summed E-state index contributed by atoms with van der Waals surface area (Å²) < 4.78 is 0.333. The monoisotopic (exact) mass is 199 g/mol. The lowest BCUT2D eigenvalue weighted by Crippen LogP contribution is -2.20. The minimum atomic E-state index is -0.501. The second kappa shape index (κ2) is 3.53. The zero-order valence-corrected chi connectivity index (χ0v) is 7.83. The van der Waals surface area contributed by atoms with Gasteiger partial charge in [0.1, 0.15) is 4.64 Å². The molecule has 0 fully saturated rings. The molecule has 1 aromatic rings. The summed E-state index contributed by atoms with van der Waals surface area (Å²) in [5.41, 5.74) is 5.71. The Morgan fingerprint density at radius 1 is 1.54 bits per heavy atom. The summed E-state index contributed by atoms with van der Waals surface area (Å²) in [7, 11) is 0. The van der Waals surface area contributed by atoms with Crippen molar-refractivity contribution in [1.29, 1.82) is 0 Å². The van der Waals surface area contributed by atoms with Crippen LogP contribution in [-0.2, 0) is 11.2 Å². The number of carbonyl (C=O) groups is 1. The van der Waals surface area contributed by atoms with Gasteiger partial charge in [0.2, 0.25) is 5.91 Å². The van der Waals surface area contributed by atoms with Crippen LogP contribution in [0.15, 0.2) is 4.79 Å². The van der Waals surface area contributed by atoms with Crippen molar-refractivity contribution in [3.63, 3.8) is 0 Å². The van der Waals surface area contributed by atoms with E-state index in [2.05, 4.69) is 9.97 Å². The van der Waals surface area contributed by atoms with Crippen molar-refractivity contribution in [1.82, 2.24) is 9.97 Å². The van der Waals surface area contributed by atoms with E-state index in [-0.39, 0.29) is 6.42 Å². The van der Waals surface area contributed by atoms with Gasteiger partial charge in [-0.25, -0.2) is 4.79 Å². The first-order chi connectivity index (χ1) is 6.00. The van der Waals surface area contributed by atoms with Crippen molar-refractivity contribution in [2.45, 2.75) is 13.3 Å². The number of carbonyl (C=O) groups excluding carboxylic acids is 1. The molecule has 70 valence electrons. The maximum Gasteiger partial charge on any atom is 0.324 e. The number of amides is 1. The molecular weight excluding hydrogens is 190 g/mol. The number of H-pyrrole nitrogens is 2. The second-order valence-electron chi connectivity index (χ2n) is 2.65. The summed E-state index contributed by atoms with van der Waals surface area (Å²) >= 11 is 4.85. The maximum absolute atomic E-state index is 10.9. The topological polar surface area (TPSA) is 91.7 Å². The number of hydrogen-bond donors (Lipinski definition) is 3. The normalized spacial score (nSPS) is 9.92. The summed E-state index contributed by atoms with van der Waals surface area (Å²) in [6.07, 6.45) is -0.000602. The number of aromatic nitrogens is 2. The van der Waals surface area contributed by atoms with Gasteiger partial charge in [0, 0.05) is 11.3 Å². The minimum absolute atomic E-state index is 0.000602. The maximum atomic E-state index is 10.9. The van der Waals surface area contributed by atoms with Gasteiger partial charge in [-0.3, -0.25) is 9.78 Å². The highest BCUT2D eigenvalue weighted by atomic mass is 32.1. The van der Waals surface area contributed by atoms with Gasteiger partial charge in [-0.2, -0.15) is 0 Å². The second-order valence-corrected chi connectivity index (χ2v) is 3.06. The molecule has 0 spiro atoms. The lowest BCUT2D eigenvalue weighted by molar-refractivity contribution is -0.117. The van der Waals surface area contributed by atoms with E-state index in [0.29, 0.717) is 15.9 Å². The van der Waals surface area contributed by atoms with Crippen LogP contribution in [-0.4, -0.2) is 15.9 Å². The number of nitrogens with one attached hydrogen (secondary N) is 2. The van der Waals surface area contributed by atoms with Crippen molar-refractivity contribution in [2.24, 2.45) is 5.73 Å². The molecule has 1 amide bonds. The van der Waals surface area contributed by atoms with Crippen molar-refractivity contribution < 1.29 is 4.79 Å². The van der Waals surface area contributed by atoms with Crippen LogP contribution in [0.2, 0.25) is 0 Å². The lowest BCUT2D eigenvalue weighted by Gasteiger charge is -2.01. The number of rotatable bonds is 2. The Kier molecular flexibility index (Phi) is 2.62. The fourth-order valence-electron chi connectivity index (χ4n) is 0.947. The predicted octanol–water partition coefficient (Wildman–Crippen LogP) is -0.231. The van der Waals surface area contributed by atoms with E-state index in [9.17, 15) is 9.59 Å². The fraction of sp³-hybridized carbons (Fsp3) is 0.286. The molecule has 1 aromatic heterocycles. The molecule has 0 aromatic carbocycles. The van der Waals surface area contributed by atoms with E-state index >= 15 is 0 Å². The molecule has 0 bridgehead atoms. The van der Waals surface area contributed by atoms with Crippen LogP contribution in [0.1, 0.15) is 11.3 Å². The summed E-state index contributed by atoms with van der Waals surface area (Å²) in [4.78, 5) is 26.4. The van der Waals surface area contributed by atoms with E-state index in [1.807, 2.05) is 0 Å². The van der Waals surface area contributed by atoms with Gasteiger partial charge in [0.25, 0.3) is 0 Å². The average Bonchev–Trinajstić information content (AvgIpc) is 1.98. The Hall–Kier alpha value is -1.43. The Morgan fingerprint density at radius 3 is 2.69 bits per heavy atom. The van der Waals surface area contributed by atoms with Crippen LogP contribution in [0.3, 0.4) is 0 Å². The number of hydrogen-bond acceptors (Lipinski definition) is 3. The van der Waals surface area contributed by atoms with Crippen LogP contribution in [0.25, 0.3) is 0 Å². The van der Waals surface area contributed by atoms with E-state index in [1.165, 1.54) is 0 Å². The summed E-state index contributed by atoms with van der Waals surface area (Å²) in [6, 6.07) is 0. The molecule has 4 N–H and O–H groups in total. The molecular formula is C7H9N3O2S. The zero-order valence-electron chi connectivity index (χ0n) is 7.01. The van der Waals surface area contributed by atoms with Gasteiger partial charge in [0.15, 0.2) is 0 Å². The SMILES string of the molecule is Cc1c(CC(N)=O)[nH]c(=O)[nH]c1=S. The molecule has 1 rings (SSSR count). The van der Waals surface area contributed by atoms with E-state index < -0.39 is 11.6 Å². The van der Waals surface area contributed by atoms with Crippen molar-refractivity contribution in [2.75, 3.05) is 0 Å². The molecule has 0 radical (unpaired) electrons. The third-order valence-electron chi connectivity index (χ3n) is 1.64.